The Kier molecular flexibility index (Phi) is 12.2. The first-order valence-electron chi connectivity index (χ1n) is 11.6. The van der Waals surface area contributed by atoms with E-state index in [9.17, 15) is 9.13 Å². The van der Waals surface area contributed by atoms with Crippen molar-refractivity contribution >= 4 is 49.2 Å². The van der Waals surface area contributed by atoms with Gasteiger partial charge in [-0.25, -0.2) is 0 Å². The van der Waals surface area contributed by atoms with Crippen LogP contribution in [0.5, 0.6) is 23.0 Å². The van der Waals surface area contributed by atoms with Crippen LogP contribution in [0, 0.1) is 0 Å². The zero-order valence-electron chi connectivity index (χ0n) is 23.5. The molecular weight excluding hydrogens is 582 g/mol. The average Bonchev–Trinajstić information content (AvgIpc) is 2.95. The average molecular weight is 619 g/mol. The van der Waals surface area contributed by atoms with Gasteiger partial charge in [0.1, 0.15) is 38.9 Å². The van der Waals surface area contributed by atoms with Crippen molar-refractivity contribution in [2.75, 3.05) is 75.2 Å². The molecule has 216 valence electrons. The van der Waals surface area contributed by atoms with E-state index in [1.807, 2.05) is 0 Å². The van der Waals surface area contributed by atoms with Gasteiger partial charge in [0.2, 0.25) is 14.7 Å². The molecule has 0 heterocycles. The standard InChI is InChI=1S/C25H36N2O8P2S2/c1-26(24(38)20-13-18(30-3)9-11-22(20)32-5)15-36(28,34-7)17-37(29,35-8)16-27(2)25(39)21-14-19(31-4)10-12-23(21)33-6/h9-14H,15-17H2,1-8H3. The minimum absolute atomic E-state index is 0.103. The molecule has 0 radical (unpaired) electrons. The summed E-state index contributed by atoms with van der Waals surface area (Å²) in [5.74, 6) is 1.92. The topological polar surface area (TPSA) is 96.0 Å². The van der Waals surface area contributed by atoms with Gasteiger partial charge in [-0.1, -0.05) is 24.4 Å². The highest BCUT2D eigenvalue weighted by Crippen LogP contribution is 2.62. The summed E-state index contributed by atoms with van der Waals surface area (Å²) in [7, 11) is 5.09. The minimum atomic E-state index is -3.53. The van der Waals surface area contributed by atoms with Gasteiger partial charge in [-0.15, -0.1) is 0 Å². The smallest absolute Gasteiger partial charge is 0.231 e. The highest BCUT2D eigenvalue weighted by molar-refractivity contribution is 7.81. The van der Waals surface area contributed by atoms with Gasteiger partial charge in [0.15, 0.2) is 0 Å². The van der Waals surface area contributed by atoms with Crippen LogP contribution < -0.4 is 18.9 Å². The van der Waals surface area contributed by atoms with Gasteiger partial charge in [-0.05, 0) is 36.4 Å². The fourth-order valence-electron chi connectivity index (χ4n) is 3.80. The predicted molar refractivity (Wildman–Crippen MR) is 162 cm³/mol. The minimum Gasteiger partial charge on any atom is -0.497 e. The second-order valence-electron chi connectivity index (χ2n) is 8.56. The van der Waals surface area contributed by atoms with E-state index in [1.165, 1.54) is 28.4 Å². The summed E-state index contributed by atoms with van der Waals surface area (Å²) < 4.78 is 60.1. The van der Waals surface area contributed by atoms with Crippen LogP contribution in [0.4, 0.5) is 0 Å². The molecule has 2 atom stereocenters. The third-order valence-electron chi connectivity index (χ3n) is 5.92. The summed E-state index contributed by atoms with van der Waals surface area (Å²) in [6.45, 7) is 0. The molecule has 14 heteroatoms. The first-order chi connectivity index (χ1) is 18.4. The van der Waals surface area contributed by atoms with E-state index >= 15 is 0 Å². The lowest BCUT2D eigenvalue weighted by molar-refractivity contribution is 0.365. The lowest BCUT2D eigenvalue weighted by Crippen LogP contribution is -2.30. The number of thiocarbonyl (C=S) groups is 2. The van der Waals surface area contributed by atoms with Crippen molar-refractivity contribution in [1.82, 2.24) is 9.80 Å². The lowest BCUT2D eigenvalue weighted by Gasteiger charge is -2.30. The second-order valence-corrected chi connectivity index (χ2v) is 15.0. The largest absolute Gasteiger partial charge is 0.497 e. The van der Waals surface area contributed by atoms with Crippen LogP contribution in [0.25, 0.3) is 0 Å². The number of ether oxygens (including phenoxy) is 4. The van der Waals surface area contributed by atoms with Crippen LogP contribution in [0.1, 0.15) is 11.1 Å². The fraction of sp³-hybridized carbons (Fsp3) is 0.440. The maximum atomic E-state index is 13.9. The van der Waals surface area contributed by atoms with E-state index in [2.05, 4.69) is 0 Å². The molecule has 0 aliphatic rings. The van der Waals surface area contributed by atoms with Crippen LogP contribution in [0.2, 0.25) is 0 Å². The van der Waals surface area contributed by atoms with Gasteiger partial charge >= 0.3 is 0 Å². The summed E-state index contributed by atoms with van der Waals surface area (Å²) >= 11 is 11.3. The molecule has 2 aromatic rings. The van der Waals surface area contributed by atoms with Gasteiger partial charge in [-0.2, -0.15) is 0 Å². The number of nitrogens with zero attached hydrogens (tertiary/aromatic N) is 2. The normalized spacial score (nSPS) is 13.9. The van der Waals surface area contributed by atoms with Crippen molar-refractivity contribution in [3.8, 4) is 23.0 Å². The SMILES string of the molecule is COc1ccc(OC)c(C(=S)N(C)CP(=O)(CP(=O)(CN(C)C(=S)c2cc(OC)ccc2OC)OC)OC)c1. The zero-order chi connectivity index (χ0) is 29.4. The van der Waals surface area contributed by atoms with Crippen molar-refractivity contribution in [3.63, 3.8) is 0 Å². The summed E-state index contributed by atoms with van der Waals surface area (Å²) in [6.07, 6.45) is -0.207. The van der Waals surface area contributed by atoms with Crippen molar-refractivity contribution in [2.24, 2.45) is 0 Å². The molecule has 10 nitrogen and oxygen atoms in total. The number of hydrogen-bond acceptors (Lipinski definition) is 10. The molecule has 0 amide bonds. The van der Waals surface area contributed by atoms with Crippen molar-refractivity contribution < 1.29 is 37.1 Å². The molecule has 0 saturated heterocycles. The van der Waals surface area contributed by atoms with Crippen molar-refractivity contribution in [2.45, 2.75) is 0 Å². The maximum absolute atomic E-state index is 13.9. The molecule has 39 heavy (non-hydrogen) atoms. The summed E-state index contributed by atoms with van der Waals surface area (Å²) in [5, 5.41) is 0. The monoisotopic (exact) mass is 618 g/mol. The van der Waals surface area contributed by atoms with Gasteiger partial charge in [0.25, 0.3) is 0 Å². The first kappa shape index (κ1) is 33.0. The van der Waals surface area contributed by atoms with Gasteiger partial charge in [0.05, 0.1) is 52.1 Å². The molecule has 0 aliphatic heterocycles. The molecule has 0 fully saturated rings. The third kappa shape index (κ3) is 8.39. The lowest BCUT2D eigenvalue weighted by atomic mass is 10.2. The Morgan fingerprint density at radius 2 is 1.03 bits per heavy atom. The zero-order valence-corrected chi connectivity index (χ0v) is 26.9. The predicted octanol–water partition coefficient (Wildman–Crippen LogP) is 5.36. The van der Waals surface area contributed by atoms with E-state index in [1.54, 1.807) is 74.5 Å². The highest BCUT2D eigenvalue weighted by Gasteiger charge is 2.38. The van der Waals surface area contributed by atoms with Gasteiger partial charge in [0, 0.05) is 28.3 Å². The van der Waals surface area contributed by atoms with Gasteiger partial charge < -0.3 is 37.8 Å². The van der Waals surface area contributed by atoms with E-state index < -0.39 is 14.7 Å². The summed E-state index contributed by atoms with van der Waals surface area (Å²) in [5.41, 5.74) is 1.17. The molecule has 0 bridgehead atoms. The second kappa shape index (κ2) is 14.4. The Morgan fingerprint density at radius 3 is 1.31 bits per heavy atom. The number of benzene rings is 2. The molecule has 2 aromatic carbocycles. The Hall–Kier alpha value is -2.20. The van der Waals surface area contributed by atoms with Crippen LogP contribution in [-0.4, -0.2) is 95.0 Å². The van der Waals surface area contributed by atoms with Crippen LogP contribution in [-0.2, 0) is 18.2 Å². The number of rotatable bonds is 14. The molecule has 0 spiro atoms. The molecule has 0 N–H and O–H groups in total. The maximum Gasteiger partial charge on any atom is 0.231 e. The molecule has 2 rings (SSSR count). The molecular formula is C25H36N2O8P2S2. The molecule has 0 aromatic heterocycles. The van der Waals surface area contributed by atoms with Crippen LogP contribution >= 0.6 is 39.2 Å². The van der Waals surface area contributed by atoms with Gasteiger partial charge in [-0.3, -0.25) is 9.13 Å². The van der Waals surface area contributed by atoms with E-state index in [4.69, 9.17) is 52.4 Å². The van der Waals surface area contributed by atoms with Crippen LogP contribution in [0.15, 0.2) is 36.4 Å². The van der Waals surface area contributed by atoms with Crippen molar-refractivity contribution in [1.29, 1.82) is 0 Å². The summed E-state index contributed by atoms with van der Waals surface area (Å²) in [6, 6.07) is 10.4. The Balaban J connectivity index is 2.25. The Morgan fingerprint density at radius 1 is 0.667 bits per heavy atom. The van der Waals surface area contributed by atoms with E-state index in [0.717, 1.165) is 0 Å². The Labute approximate surface area is 241 Å². The van der Waals surface area contributed by atoms with Crippen molar-refractivity contribution in [3.05, 3.63) is 47.5 Å². The quantitative estimate of drug-likeness (QED) is 0.202. The van der Waals surface area contributed by atoms with E-state index in [-0.39, 0.29) is 18.5 Å². The third-order valence-corrected chi connectivity index (χ3v) is 13.5. The Bertz CT molecular complexity index is 1180. The first-order valence-corrected chi connectivity index (χ1v) is 16.4. The molecule has 0 aliphatic carbocycles. The fourth-order valence-corrected chi connectivity index (χ4v) is 10.5. The van der Waals surface area contributed by atoms with E-state index in [0.29, 0.717) is 44.1 Å². The van der Waals surface area contributed by atoms with Crippen LogP contribution in [0.3, 0.4) is 0 Å². The highest BCUT2D eigenvalue weighted by atomic mass is 32.1. The molecule has 2 unspecified atom stereocenters. The summed E-state index contributed by atoms with van der Waals surface area (Å²) in [4.78, 5) is 3.93. The number of methoxy groups -OCH3 is 4. The molecule has 0 saturated carbocycles. The number of hydrogen-bond donors (Lipinski definition) is 0.